The number of aromatic nitrogens is 4. The number of carbonyl (C=O) groups is 1. The number of fused-ring (bicyclic) bond motifs is 2. The molecule has 1 fully saturated rings. The molecule has 238 valence electrons. The van der Waals surface area contributed by atoms with Crippen molar-refractivity contribution in [1.29, 1.82) is 0 Å². The van der Waals surface area contributed by atoms with Crippen LogP contribution < -0.4 is 15.3 Å². The fraction of sp³-hybridized carbons (Fsp3) is 0.324. The number of rotatable bonds is 7. The van der Waals surface area contributed by atoms with Gasteiger partial charge in [0.05, 0.1) is 41.6 Å². The zero-order chi connectivity index (χ0) is 32.9. The third-order valence-electron chi connectivity index (χ3n) is 8.56. The number of amides is 1. The van der Waals surface area contributed by atoms with Crippen molar-refractivity contribution in [3.05, 3.63) is 87.5 Å². The summed E-state index contributed by atoms with van der Waals surface area (Å²) in [5.74, 6) is -0.370. The van der Waals surface area contributed by atoms with Crippen LogP contribution in [0.15, 0.2) is 58.6 Å². The van der Waals surface area contributed by atoms with Gasteiger partial charge in [0, 0.05) is 43.0 Å². The number of methoxy groups -OCH3 is 1. The van der Waals surface area contributed by atoms with E-state index >= 15 is 4.39 Å². The molecule has 46 heavy (non-hydrogen) atoms. The predicted octanol–water partition coefficient (Wildman–Crippen LogP) is 6.10. The molecule has 4 aromatic heterocycles. The van der Waals surface area contributed by atoms with Crippen LogP contribution in [0.5, 0.6) is 5.75 Å². The molecule has 1 saturated heterocycles. The van der Waals surface area contributed by atoms with Gasteiger partial charge in [0.15, 0.2) is 11.6 Å². The van der Waals surface area contributed by atoms with Crippen molar-refractivity contribution in [1.82, 2.24) is 24.4 Å². The van der Waals surface area contributed by atoms with Crippen molar-refractivity contribution in [2.75, 3.05) is 31.6 Å². The number of pyridine rings is 2. The van der Waals surface area contributed by atoms with Gasteiger partial charge in [-0.2, -0.15) is 4.98 Å². The lowest BCUT2D eigenvalue weighted by Crippen LogP contribution is -2.54. The summed E-state index contributed by atoms with van der Waals surface area (Å²) < 4.78 is 28.5. The number of anilines is 1. The molecule has 1 aliphatic rings. The number of carbonyl (C=O) groups excluding carboxylic acids is 1. The maximum Gasteiger partial charge on any atom is 0.351 e. The molecule has 1 aliphatic heterocycles. The molecular formula is C34H34ClFN6O4. The van der Waals surface area contributed by atoms with Gasteiger partial charge in [0.1, 0.15) is 17.0 Å². The van der Waals surface area contributed by atoms with E-state index in [9.17, 15) is 9.59 Å². The molecule has 0 saturated carbocycles. The first kappa shape index (κ1) is 31.2. The molecule has 0 aliphatic carbocycles. The number of benzene rings is 1. The molecule has 6 rings (SSSR count). The third-order valence-corrected chi connectivity index (χ3v) is 8.85. The summed E-state index contributed by atoms with van der Waals surface area (Å²) >= 11 is 6.93. The largest absolute Gasteiger partial charge is 0.494 e. The van der Waals surface area contributed by atoms with Gasteiger partial charge in [-0.15, -0.1) is 0 Å². The normalized spacial score (nSPS) is 15.3. The molecule has 5 heterocycles. The smallest absolute Gasteiger partial charge is 0.351 e. The number of hydrogen-bond acceptors (Lipinski definition) is 8. The highest BCUT2D eigenvalue weighted by Crippen LogP contribution is 2.41. The van der Waals surface area contributed by atoms with Crippen LogP contribution in [0.2, 0.25) is 5.02 Å². The summed E-state index contributed by atoms with van der Waals surface area (Å²) in [7, 11) is 1.38. The van der Waals surface area contributed by atoms with E-state index in [4.69, 9.17) is 25.7 Å². The number of piperazine rings is 1. The summed E-state index contributed by atoms with van der Waals surface area (Å²) in [6, 6.07) is 6.62. The Bertz CT molecular complexity index is 2070. The van der Waals surface area contributed by atoms with Gasteiger partial charge in [0.2, 0.25) is 5.91 Å². The first-order valence-electron chi connectivity index (χ1n) is 15.0. The number of ether oxygens (including phenoxy) is 1. The molecule has 0 bridgehead atoms. The highest BCUT2D eigenvalue weighted by molar-refractivity contribution is 6.34. The Morgan fingerprint density at radius 3 is 2.74 bits per heavy atom. The van der Waals surface area contributed by atoms with E-state index in [2.05, 4.69) is 16.5 Å². The van der Waals surface area contributed by atoms with Crippen molar-refractivity contribution >= 4 is 45.3 Å². The Kier molecular flexibility index (Phi) is 8.28. The first-order chi connectivity index (χ1) is 22.0. The molecule has 0 radical (unpaired) electrons. The van der Waals surface area contributed by atoms with Gasteiger partial charge >= 0.3 is 5.69 Å². The number of hydrogen-bond donors (Lipinski definition) is 0. The lowest BCUT2D eigenvalue weighted by atomic mass is 9.99. The molecule has 10 nitrogen and oxygen atoms in total. The second-order valence-corrected chi connectivity index (χ2v) is 12.2. The summed E-state index contributed by atoms with van der Waals surface area (Å²) in [5, 5.41) is 1.25. The van der Waals surface area contributed by atoms with Crippen molar-refractivity contribution in [2.24, 2.45) is 0 Å². The quantitative estimate of drug-likeness (QED) is 0.196. The zero-order valence-corrected chi connectivity index (χ0v) is 27.1. The minimum Gasteiger partial charge on any atom is -0.494 e. The fourth-order valence-corrected chi connectivity index (χ4v) is 6.43. The molecule has 5 aromatic rings. The summed E-state index contributed by atoms with van der Waals surface area (Å²) in [6.45, 7) is 13.0. The predicted molar refractivity (Wildman–Crippen MR) is 176 cm³/mol. The Labute approximate surface area is 270 Å². The lowest BCUT2D eigenvalue weighted by Gasteiger charge is -2.40. The average molecular weight is 645 g/mol. The second kappa shape index (κ2) is 12.2. The molecule has 1 aromatic carbocycles. The van der Waals surface area contributed by atoms with Crippen molar-refractivity contribution in [3.8, 4) is 17.0 Å². The van der Waals surface area contributed by atoms with Crippen molar-refractivity contribution < 1.29 is 18.3 Å². The molecular weight excluding hydrogens is 611 g/mol. The van der Waals surface area contributed by atoms with E-state index in [1.54, 1.807) is 29.3 Å². The van der Waals surface area contributed by atoms with Crippen LogP contribution in [0, 0.1) is 12.7 Å². The van der Waals surface area contributed by atoms with Crippen LogP contribution in [0.3, 0.4) is 0 Å². The standard InChI is InChI=1S/C34H34ClFN6O4/c1-7-26(43)40-11-12-41(20(5)16-40)33-22-15-24(35)30(27-28(36)25(45-6)14-21-9-13-46-31(21)27)38-32(22)42(34(44)39-33)17-23-19(4)8-10-37-29(23)18(2)3/h7-10,13-15,18,20H,1,11-12,16-17H2,2-6H3/t20-/m0/s1. The Morgan fingerprint density at radius 1 is 1.26 bits per heavy atom. The zero-order valence-electron chi connectivity index (χ0n) is 26.3. The van der Waals surface area contributed by atoms with Crippen LogP contribution in [-0.4, -0.2) is 63.1 Å². The van der Waals surface area contributed by atoms with Gasteiger partial charge in [-0.05, 0) is 61.2 Å². The number of furan rings is 1. The SMILES string of the molecule is C=CC(=O)N1CCN(c2nc(=O)n(Cc3c(C)ccnc3C(C)C)c3nc(-c4c(F)c(OC)cc5ccoc45)c(Cl)cc23)[C@@H](C)C1. The summed E-state index contributed by atoms with van der Waals surface area (Å²) in [4.78, 5) is 44.2. The molecule has 1 amide bonds. The van der Waals surface area contributed by atoms with Gasteiger partial charge in [-0.3, -0.25) is 14.3 Å². The monoisotopic (exact) mass is 644 g/mol. The van der Waals surface area contributed by atoms with Gasteiger partial charge < -0.3 is 19.0 Å². The fourth-order valence-electron chi connectivity index (χ4n) is 6.18. The van der Waals surface area contributed by atoms with Gasteiger partial charge in [-0.25, -0.2) is 14.2 Å². The van der Waals surface area contributed by atoms with E-state index < -0.39 is 11.5 Å². The molecule has 12 heteroatoms. The van der Waals surface area contributed by atoms with E-state index in [1.807, 2.05) is 38.7 Å². The lowest BCUT2D eigenvalue weighted by molar-refractivity contribution is -0.126. The highest BCUT2D eigenvalue weighted by atomic mass is 35.5. The Hall–Kier alpha value is -4.77. The Morgan fingerprint density at radius 2 is 2.04 bits per heavy atom. The maximum atomic E-state index is 16.0. The number of aryl methyl sites for hydroxylation is 1. The molecule has 0 unspecified atom stereocenters. The first-order valence-corrected chi connectivity index (χ1v) is 15.4. The molecule has 0 N–H and O–H groups in total. The van der Waals surface area contributed by atoms with Crippen LogP contribution >= 0.6 is 11.6 Å². The van der Waals surface area contributed by atoms with Crippen molar-refractivity contribution in [3.63, 3.8) is 0 Å². The van der Waals surface area contributed by atoms with E-state index in [0.717, 1.165) is 16.8 Å². The summed E-state index contributed by atoms with van der Waals surface area (Å²) in [6.07, 6.45) is 4.50. The van der Waals surface area contributed by atoms with Gasteiger partial charge in [-0.1, -0.05) is 32.0 Å². The van der Waals surface area contributed by atoms with Crippen LogP contribution in [0.25, 0.3) is 33.3 Å². The number of halogens is 2. The highest BCUT2D eigenvalue weighted by Gasteiger charge is 2.31. The minimum absolute atomic E-state index is 0.00278. The van der Waals surface area contributed by atoms with Crippen LogP contribution in [0.1, 0.15) is 43.5 Å². The van der Waals surface area contributed by atoms with E-state index in [0.29, 0.717) is 36.2 Å². The topological polar surface area (TPSA) is 107 Å². The Balaban J connectivity index is 1.62. The van der Waals surface area contributed by atoms with Gasteiger partial charge in [0.25, 0.3) is 0 Å². The summed E-state index contributed by atoms with van der Waals surface area (Å²) in [5.41, 5.74) is 2.79. The maximum absolute atomic E-state index is 16.0. The van der Waals surface area contributed by atoms with E-state index in [1.165, 1.54) is 24.0 Å². The average Bonchev–Trinajstić information content (AvgIpc) is 3.50. The molecule has 1 atom stereocenters. The second-order valence-electron chi connectivity index (χ2n) is 11.8. The van der Waals surface area contributed by atoms with Crippen LogP contribution in [0.4, 0.5) is 10.2 Å². The van der Waals surface area contributed by atoms with Crippen LogP contribution in [-0.2, 0) is 11.3 Å². The third kappa shape index (κ3) is 5.28. The van der Waals surface area contributed by atoms with E-state index in [-0.39, 0.29) is 57.7 Å². The number of nitrogens with zero attached hydrogens (tertiary/aromatic N) is 6. The minimum atomic E-state index is -0.691. The molecule has 0 spiro atoms. The van der Waals surface area contributed by atoms with Crippen molar-refractivity contribution in [2.45, 2.75) is 46.2 Å².